The number of hydrogen-bond donors (Lipinski definition) is 1. The Morgan fingerprint density at radius 2 is 2.35 bits per heavy atom. The van der Waals surface area contributed by atoms with E-state index in [1.807, 2.05) is 23.6 Å². The highest BCUT2D eigenvalue weighted by molar-refractivity contribution is 6.35. The molecule has 106 valence electrons. The van der Waals surface area contributed by atoms with E-state index in [-0.39, 0.29) is 5.56 Å². The summed E-state index contributed by atoms with van der Waals surface area (Å²) in [4.78, 5) is 17.4. The zero-order valence-electron chi connectivity index (χ0n) is 11.5. The molecule has 4 nitrogen and oxygen atoms in total. The predicted molar refractivity (Wildman–Crippen MR) is 81.4 cm³/mol. The zero-order chi connectivity index (χ0) is 14.1. The molecule has 0 amide bonds. The van der Waals surface area contributed by atoms with Crippen molar-refractivity contribution in [2.75, 3.05) is 13.1 Å². The van der Waals surface area contributed by atoms with E-state index in [1.54, 1.807) is 6.07 Å². The molecule has 2 heterocycles. The van der Waals surface area contributed by atoms with E-state index in [1.165, 1.54) is 0 Å². The van der Waals surface area contributed by atoms with Crippen LogP contribution in [0, 0.1) is 5.92 Å². The van der Waals surface area contributed by atoms with Crippen molar-refractivity contribution in [3.05, 3.63) is 39.4 Å². The summed E-state index contributed by atoms with van der Waals surface area (Å²) >= 11 is 6.18. The standard InChI is InChI=1S/C15H18ClN3O/c1-2-13-18-12-5-3-4-11(16)14(12)15(20)19(13)9-10-6-7-17-8-10/h3-5,10,17H,2,6-9H2,1H3. The van der Waals surface area contributed by atoms with Gasteiger partial charge in [-0.05, 0) is 37.6 Å². The highest BCUT2D eigenvalue weighted by Crippen LogP contribution is 2.20. The van der Waals surface area contributed by atoms with Gasteiger partial charge in [0.15, 0.2) is 0 Å². The molecule has 0 aliphatic carbocycles. The zero-order valence-corrected chi connectivity index (χ0v) is 12.3. The van der Waals surface area contributed by atoms with E-state index >= 15 is 0 Å². The first-order valence-electron chi connectivity index (χ1n) is 7.09. The van der Waals surface area contributed by atoms with Crippen LogP contribution in [0.1, 0.15) is 19.2 Å². The Balaban J connectivity index is 2.15. The molecular formula is C15H18ClN3O. The number of aromatic nitrogens is 2. The fraction of sp³-hybridized carbons (Fsp3) is 0.467. The molecule has 5 heteroatoms. The number of aryl methyl sites for hydroxylation is 1. The number of benzene rings is 1. The number of rotatable bonds is 3. The van der Waals surface area contributed by atoms with E-state index < -0.39 is 0 Å². The average molecular weight is 292 g/mol. The second-order valence-corrected chi connectivity index (χ2v) is 5.70. The lowest BCUT2D eigenvalue weighted by molar-refractivity contribution is 0.457. The van der Waals surface area contributed by atoms with Gasteiger partial charge < -0.3 is 5.32 Å². The summed E-state index contributed by atoms with van der Waals surface area (Å²) in [5.74, 6) is 1.34. The van der Waals surface area contributed by atoms with Gasteiger partial charge in [-0.2, -0.15) is 0 Å². The Morgan fingerprint density at radius 1 is 1.50 bits per heavy atom. The topological polar surface area (TPSA) is 46.9 Å². The van der Waals surface area contributed by atoms with E-state index in [0.717, 1.165) is 38.3 Å². The van der Waals surface area contributed by atoms with Gasteiger partial charge in [0.1, 0.15) is 5.82 Å². The Hall–Kier alpha value is -1.39. The van der Waals surface area contributed by atoms with Gasteiger partial charge >= 0.3 is 0 Å². The summed E-state index contributed by atoms with van der Waals surface area (Å²) in [6, 6.07) is 5.44. The van der Waals surface area contributed by atoms with E-state index in [4.69, 9.17) is 11.6 Å². The summed E-state index contributed by atoms with van der Waals surface area (Å²) in [6.45, 7) is 4.75. The normalized spacial score (nSPS) is 18.8. The van der Waals surface area contributed by atoms with Gasteiger partial charge in [-0.1, -0.05) is 24.6 Å². The van der Waals surface area contributed by atoms with Crippen LogP contribution in [0.4, 0.5) is 0 Å². The minimum atomic E-state index is -0.00986. The van der Waals surface area contributed by atoms with Crippen LogP contribution >= 0.6 is 11.6 Å². The molecule has 1 unspecified atom stereocenters. The fourth-order valence-corrected chi connectivity index (χ4v) is 3.11. The largest absolute Gasteiger partial charge is 0.316 e. The van der Waals surface area contributed by atoms with Crippen molar-refractivity contribution < 1.29 is 0 Å². The highest BCUT2D eigenvalue weighted by atomic mass is 35.5. The van der Waals surface area contributed by atoms with Crippen molar-refractivity contribution in [2.45, 2.75) is 26.3 Å². The summed E-state index contributed by atoms with van der Waals surface area (Å²) in [6.07, 6.45) is 1.86. The van der Waals surface area contributed by atoms with E-state index in [9.17, 15) is 4.79 Å². The van der Waals surface area contributed by atoms with Gasteiger partial charge in [-0.3, -0.25) is 9.36 Å². The monoisotopic (exact) mass is 291 g/mol. The second-order valence-electron chi connectivity index (χ2n) is 5.29. The van der Waals surface area contributed by atoms with Gasteiger partial charge in [0.2, 0.25) is 0 Å². The number of fused-ring (bicyclic) bond motifs is 1. The van der Waals surface area contributed by atoms with E-state index in [2.05, 4.69) is 10.3 Å². The molecule has 0 radical (unpaired) electrons. The van der Waals surface area contributed by atoms with Gasteiger partial charge in [0, 0.05) is 13.0 Å². The molecule has 1 aliphatic heterocycles. The molecule has 2 aromatic rings. The number of nitrogens with one attached hydrogen (secondary N) is 1. The lowest BCUT2D eigenvalue weighted by atomic mass is 10.1. The third-order valence-corrected chi connectivity index (χ3v) is 4.25. The maximum atomic E-state index is 12.7. The number of hydrogen-bond acceptors (Lipinski definition) is 3. The predicted octanol–water partition coefficient (Wildman–Crippen LogP) is 2.22. The molecule has 1 aromatic carbocycles. The minimum Gasteiger partial charge on any atom is -0.316 e. The van der Waals surface area contributed by atoms with E-state index in [0.29, 0.717) is 21.8 Å². The quantitative estimate of drug-likeness (QED) is 0.943. The summed E-state index contributed by atoms with van der Waals surface area (Å²) in [5, 5.41) is 4.36. The van der Waals surface area contributed by atoms with Crippen molar-refractivity contribution >= 4 is 22.5 Å². The summed E-state index contributed by atoms with van der Waals surface area (Å²) in [5.41, 5.74) is 0.685. The molecule has 3 rings (SSSR count). The molecule has 20 heavy (non-hydrogen) atoms. The Labute approximate surface area is 122 Å². The van der Waals surface area contributed by atoms with Gasteiger partial charge in [-0.15, -0.1) is 0 Å². The van der Waals surface area contributed by atoms with Crippen LogP contribution in [-0.4, -0.2) is 22.6 Å². The lowest BCUT2D eigenvalue weighted by Gasteiger charge is -2.16. The molecular weight excluding hydrogens is 274 g/mol. The maximum Gasteiger partial charge on any atom is 0.262 e. The molecule has 0 spiro atoms. The molecule has 1 aliphatic rings. The van der Waals surface area contributed by atoms with Crippen LogP contribution in [0.25, 0.3) is 10.9 Å². The molecule has 1 aromatic heterocycles. The Morgan fingerprint density at radius 3 is 3.05 bits per heavy atom. The van der Waals surface area contributed by atoms with Gasteiger partial charge in [-0.25, -0.2) is 4.98 Å². The van der Waals surface area contributed by atoms with Crippen molar-refractivity contribution in [2.24, 2.45) is 5.92 Å². The smallest absolute Gasteiger partial charge is 0.262 e. The van der Waals surface area contributed by atoms with Crippen LogP contribution in [0.2, 0.25) is 5.02 Å². The van der Waals surface area contributed by atoms with Crippen LogP contribution in [0.3, 0.4) is 0 Å². The van der Waals surface area contributed by atoms with Crippen LogP contribution in [0.15, 0.2) is 23.0 Å². The SMILES string of the molecule is CCc1nc2cccc(Cl)c2c(=O)n1CC1CCNC1. The Bertz CT molecular complexity index is 689. The number of halogens is 1. The minimum absolute atomic E-state index is 0.00986. The lowest BCUT2D eigenvalue weighted by Crippen LogP contribution is -2.29. The molecule has 0 saturated carbocycles. The molecule has 1 saturated heterocycles. The fourth-order valence-electron chi connectivity index (χ4n) is 2.86. The summed E-state index contributed by atoms with van der Waals surface area (Å²) in [7, 11) is 0. The highest BCUT2D eigenvalue weighted by Gasteiger charge is 2.19. The van der Waals surface area contributed by atoms with Gasteiger partial charge in [0.25, 0.3) is 5.56 Å². The second kappa shape index (κ2) is 5.54. The van der Waals surface area contributed by atoms with Gasteiger partial charge in [0.05, 0.1) is 15.9 Å². The Kier molecular flexibility index (Phi) is 3.76. The van der Waals surface area contributed by atoms with Crippen molar-refractivity contribution in [1.29, 1.82) is 0 Å². The number of nitrogens with zero attached hydrogens (tertiary/aromatic N) is 2. The third-order valence-electron chi connectivity index (χ3n) is 3.93. The summed E-state index contributed by atoms with van der Waals surface area (Å²) < 4.78 is 1.81. The van der Waals surface area contributed by atoms with Crippen LogP contribution < -0.4 is 10.9 Å². The van der Waals surface area contributed by atoms with Crippen LogP contribution in [-0.2, 0) is 13.0 Å². The molecule has 1 N–H and O–H groups in total. The maximum absolute atomic E-state index is 12.7. The first-order chi connectivity index (χ1) is 9.70. The van der Waals surface area contributed by atoms with Crippen molar-refractivity contribution in [3.8, 4) is 0 Å². The molecule has 1 fully saturated rings. The van der Waals surface area contributed by atoms with Crippen molar-refractivity contribution in [1.82, 2.24) is 14.9 Å². The first-order valence-corrected chi connectivity index (χ1v) is 7.47. The van der Waals surface area contributed by atoms with Crippen LogP contribution in [0.5, 0.6) is 0 Å². The molecule has 0 bridgehead atoms. The average Bonchev–Trinajstić information content (AvgIpc) is 2.94. The third kappa shape index (κ3) is 2.34. The first kappa shape index (κ1) is 13.6. The van der Waals surface area contributed by atoms with Crippen molar-refractivity contribution in [3.63, 3.8) is 0 Å². The molecule has 1 atom stereocenters.